The average molecular weight is 330 g/mol. The largest absolute Gasteiger partial charge is 0.341 e. The number of aromatic nitrogens is 2. The summed E-state index contributed by atoms with van der Waals surface area (Å²) in [6, 6.07) is 10.2. The molecule has 6 heteroatoms. The zero-order chi connectivity index (χ0) is 16.8. The van der Waals surface area contributed by atoms with E-state index in [1.165, 1.54) is 11.8 Å². The number of hydrogen-bond acceptors (Lipinski definition) is 4. The van der Waals surface area contributed by atoms with Crippen LogP contribution in [0.5, 0.6) is 0 Å². The molecule has 5 nitrogen and oxygen atoms in total. The van der Waals surface area contributed by atoms with Gasteiger partial charge in [0.2, 0.25) is 5.91 Å². The molecule has 0 aliphatic heterocycles. The Hall–Kier alpha value is -2.00. The molecule has 23 heavy (non-hydrogen) atoms. The smallest absolute Gasteiger partial charge is 0.233 e. The van der Waals surface area contributed by atoms with Gasteiger partial charge in [-0.1, -0.05) is 23.9 Å². The van der Waals surface area contributed by atoms with E-state index in [0.29, 0.717) is 18.8 Å². The molecule has 0 aliphatic carbocycles. The van der Waals surface area contributed by atoms with Crippen molar-refractivity contribution in [2.45, 2.75) is 32.5 Å². The zero-order valence-corrected chi connectivity index (χ0v) is 14.6. The summed E-state index contributed by atoms with van der Waals surface area (Å²) in [7, 11) is 0. The Labute approximate surface area is 141 Å². The van der Waals surface area contributed by atoms with Crippen LogP contribution in [0.4, 0.5) is 0 Å². The molecule has 0 saturated carbocycles. The third-order valence-corrected chi connectivity index (χ3v) is 4.67. The van der Waals surface area contributed by atoms with Crippen molar-refractivity contribution in [1.29, 1.82) is 5.26 Å². The standard InChI is InChI=1S/C17H22N4OS/c1-4-20(11-13(3)10-18)16(22)12-23-17-19-14-8-6-7-9-15(14)21(17)5-2/h6-9,13H,4-5,11-12H2,1-3H3. The highest BCUT2D eigenvalue weighted by molar-refractivity contribution is 7.99. The SMILES string of the molecule is CCN(CC(C)C#N)C(=O)CSc1nc2ccccc2n1CC. The first-order valence-corrected chi connectivity index (χ1v) is 8.84. The Morgan fingerprint density at radius 3 is 2.83 bits per heavy atom. The molecule has 0 saturated heterocycles. The Balaban J connectivity index is 2.08. The van der Waals surface area contributed by atoms with Gasteiger partial charge in [-0.2, -0.15) is 5.26 Å². The average Bonchev–Trinajstić information content (AvgIpc) is 2.94. The molecule has 1 unspecified atom stereocenters. The van der Waals surface area contributed by atoms with E-state index in [2.05, 4.69) is 22.5 Å². The van der Waals surface area contributed by atoms with E-state index in [4.69, 9.17) is 5.26 Å². The summed E-state index contributed by atoms with van der Waals surface area (Å²) in [5.74, 6) is 0.244. The van der Waals surface area contributed by atoms with Crippen LogP contribution < -0.4 is 0 Å². The highest BCUT2D eigenvalue weighted by Crippen LogP contribution is 2.24. The van der Waals surface area contributed by atoms with Gasteiger partial charge < -0.3 is 9.47 Å². The van der Waals surface area contributed by atoms with Crippen molar-refractivity contribution in [2.24, 2.45) is 5.92 Å². The van der Waals surface area contributed by atoms with Crippen LogP contribution in [-0.4, -0.2) is 39.2 Å². The Morgan fingerprint density at radius 2 is 2.17 bits per heavy atom. The second-order valence-electron chi connectivity index (χ2n) is 5.38. The van der Waals surface area contributed by atoms with E-state index in [0.717, 1.165) is 22.7 Å². The lowest BCUT2D eigenvalue weighted by Gasteiger charge is -2.21. The summed E-state index contributed by atoms with van der Waals surface area (Å²) in [4.78, 5) is 18.7. The zero-order valence-electron chi connectivity index (χ0n) is 13.8. The van der Waals surface area contributed by atoms with Gasteiger partial charge in [0.1, 0.15) is 0 Å². The fourth-order valence-electron chi connectivity index (χ4n) is 2.47. The number of hydrogen-bond donors (Lipinski definition) is 0. The number of aryl methyl sites for hydroxylation is 1. The number of para-hydroxylation sites is 2. The van der Waals surface area contributed by atoms with Crippen LogP contribution in [0.1, 0.15) is 20.8 Å². The van der Waals surface area contributed by atoms with Crippen LogP contribution >= 0.6 is 11.8 Å². The molecule has 1 aromatic carbocycles. The Kier molecular flexibility index (Phi) is 6.05. The molecule has 0 spiro atoms. The van der Waals surface area contributed by atoms with Gasteiger partial charge in [0.25, 0.3) is 0 Å². The fraction of sp³-hybridized carbons (Fsp3) is 0.471. The van der Waals surface area contributed by atoms with Crippen LogP contribution in [0.3, 0.4) is 0 Å². The maximum atomic E-state index is 12.4. The highest BCUT2D eigenvalue weighted by Gasteiger charge is 2.17. The molecule has 1 atom stereocenters. The number of nitriles is 1. The number of benzene rings is 1. The van der Waals surface area contributed by atoms with Gasteiger partial charge in [0.05, 0.1) is 28.8 Å². The van der Waals surface area contributed by atoms with E-state index in [1.54, 1.807) is 4.90 Å². The predicted octanol–water partition coefficient (Wildman–Crippen LogP) is 3.16. The maximum Gasteiger partial charge on any atom is 0.233 e. The van der Waals surface area contributed by atoms with Crippen LogP contribution in [0.15, 0.2) is 29.4 Å². The number of fused-ring (bicyclic) bond motifs is 1. The van der Waals surface area contributed by atoms with Gasteiger partial charge in [-0.15, -0.1) is 0 Å². The third kappa shape index (κ3) is 4.05. The van der Waals surface area contributed by atoms with Crippen molar-refractivity contribution in [3.63, 3.8) is 0 Å². The van der Waals surface area contributed by atoms with Crippen molar-refractivity contribution in [3.8, 4) is 6.07 Å². The van der Waals surface area contributed by atoms with E-state index >= 15 is 0 Å². The summed E-state index contributed by atoms with van der Waals surface area (Å²) in [5.41, 5.74) is 2.05. The molecule has 0 bridgehead atoms. The second-order valence-corrected chi connectivity index (χ2v) is 6.32. The molecule has 1 amide bonds. The summed E-state index contributed by atoms with van der Waals surface area (Å²) >= 11 is 1.46. The molecule has 2 rings (SSSR count). The van der Waals surface area contributed by atoms with Crippen molar-refractivity contribution < 1.29 is 4.79 Å². The first-order chi connectivity index (χ1) is 11.1. The van der Waals surface area contributed by atoms with E-state index in [9.17, 15) is 4.79 Å². The molecule has 0 radical (unpaired) electrons. The third-order valence-electron chi connectivity index (χ3n) is 3.71. The predicted molar refractivity (Wildman–Crippen MR) is 93.2 cm³/mol. The van der Waals surface area contributed by atoms with Gasteiger partial charge in [-0.25, -0.2) is 4.98 Å². The Bertz CT molecular complexity index is 719. The van der Waals surface area contributed by atoms with Crippen molar-refractivity contribution >= 4 is 28.7 Å². The molecule has 2 aromatic rings. The maximum absolute atomic E-state index is 12.4. The lowest BCUT2D eigenvalue weighted by molar-refractivity contribution is -0.128. The topological polar surface area (TPSA) is 61.9 Å². The summed E-state index contributed by atoms with van der Waals surface area (Å²) < 4.78 is 2.13. The fourth-order valence-corrected chi connectivity index (χ4v) is 3.45. The van der Waals surface area contributed by atoms with E-state index < -0.39 is 0 Å². The quantitative estimate of drug-likeness (QED) is 0.732. The van der Waals surface area contributed by atoms with Crippen LogP contribution in [0, 0.1) is 17.2 Å². The lowest BCUT2D eigenvalue weighted by atomic mass is 10.2. The van der Waals surface area contributed by atoms with Crippen molar-refractivity contribution in [2.75, 3.05) is 18.8 Å². The van der Waals surface area contributed by atoms with Gasteiger partial charge >= 0.3 is 0 Å². The second kappa shape index (κ2) is 8.02. The van der Waals surface area contributed by atoms with Crippen LogP contribution in [0.25, 0.3) is 11.0 Å². The first-order valence-electron chi connectivity index (χ1n) is 7.86. The van der Waals surface area contributed by atoms with E-state index in [1.807, 2.05) is 38.1 Å². The highest BCUT2D eigenvalue weighted by atomic mass is 32.2. The number of carbonyl (C=O) groups excluding carboxylic acids is 1. The number of thioether (sulfide) groups is 1. The Morgan fingerprint density at radius 1 is 1.43 bits per heavy atom. The molecular formula is C17H22N4OS. The van der Waals surface area contributed by atoms with E-state index in [-0.39, 0.29) is 11.8 Å². The number of imidazole rings is 1. The minimum Gasteiger partial charge on any atom is -0.341 e. The molecular weight excluding hydrogens is 308 g/mol. The van der Waals surface area contributed by atoms with Gasteiger partial charge in [-0.3, -0.25) is 4.79 Å². The molecule has 0 fully saturated rings. The summed E-state index contributed by atoms with van der Waals surface area (Å²) in [5, 5.41) is 9.78. The number of nitrogens with zero attached hydrogens (tertiary/aromatic N) is 4. The van der Waals surface area contributed by atoms with Gasteiger partial charge in [0.15, 0.2) is 5.16 Å². The van der Waals surface area contributed by atoms with Crippen molar-refractivity contribution in [3.05, 3.63) is 24.3 Å². The van der Waals surface area contributed by atoms with Crippen LogP contribution in [-0.2, 0) is 11.3 Å². The van der Waals surface area contributed by atoms with Crippen LogP contribution in [0.2, 0.25) is 0 Å². The van der Waals surface area contributed by atoms with Gasteiger partial charge in [0, 0.05) is 19.6 Å². The lowest BCUT2D eigenvalue weighted by Crippen LogP contribution is -2.35. The molecule has 1 aromatic heterocycles. The number of amides is 1. The minimum atomic E-state index is -0.149. The van der Waals surface area contributed by atoms with Gasteiger partial charge in [-0.05, 0) is 32.9 Å². The summed E-state index contributed by atoms with van der Waals surface area (Å²) in [6.07, 6.45) is 0. The molecule has 0 N–H and O–H groups in total. The number of rotatable bonds is 7. The molecule has 0 aliphatic rings. The normalized spacial score (nSPS) is 12.1. The molecule has 1 heterocycles. The molecule has 122 valence electrons. The first kappa shape index (κ1) is 17.4. The van der Waals surface area contributed by atoms with Crippen molar-refractivity contribution in [1.82, 2.24) is 14.5 Å². The summed E-state index contributed by atoms with van der Waals surface area (Å²) in [6.45, 7) is 7.77. The number of carbonyl (C=O) groups is 1. The minimum absolute atomic E-state index is 0.0503. The monoisotopic (exact) mass is 330 g/mol.